The van der Waals surface area contributed by atoms with Gasteiger partial charge in [-0.2, -0.15) is 0 Å². The number of rotatable bonds is 6. The molecule has 3 heterocycles. The van der Waals surface area contributed by atoms with Crippen molar-refractivity contribution in [2.24, 2.45) is 0 Å². The molecular formula is C30H26N2O4. The van der Waals surface area contributed by atoms with Crippen molar-refractivity contribution in [3.8, 4) is 0 Å². The number of fused-ring (bicyclic) bond motifs is 1. The Morgan fingerprint density at radius 3 is 2.14 bits per heavy atom. The number of nitrogens with zero attached hydrogens (tertiary/aromatic N) is 2. The minimum Gasteiger partial charge on any atom is -0.465 e. The van der Waals surface area contributed by atoms with Crippen molar-refractivity contribution in [3.63, 3.8) is 0 Å². The topological polar surface area (TPSA) is 66.9 Å². The van der Waals surface area contributed by atoms with Crippen LogP contribution in [-0.4, -0.2) is 17.9 Å². The van der Waals surface area contributed by atoms with Gasteiger partial charge in [0.1, 0.15) is 11.5 Å². The average molecular weight is 479 g/mol. The zero-order valence-electron chi connectivity index (χ0n) is 19.9. The van der Waals surface area contributed by atoms with Gasteiger partial charge in [-0.05, 0) is 73.5 Å². The van der Waals surface area contributed by atoms with Gasteiger partial charge in [0.15, 0.2) is 0 Å². The highest BCUT2D eigenvalue weighted by atomic mass is 16.3. The summed E-state index contributed by atoms with van der Waals surface area (Å²) in [7, 11) is 0. The lowest BCUT2D eigenvalue weighted by Gasteiger charge is -2.43. The molecule has 0 aliphatic carbocycles. The molecule has 2 aromatic heterocycles. The lowest BCUT2D eigenvalue weighted by Crippen LogP contribution is -2.47. The Bertz CT molecular complexity index is 1370. The molecule has 180 valence electrons. The predicted octanol–water partition coefficient (Wildman–Crippen LogP) is 6.50. The molecule has 6 nitrogen and oxygen atoms in total. The maximum absolute atomic E-state index is 13.6. The van der Waals surface area contributed by atoms with Crippen molar-refractivity contribution in [1.82, 2.24) is 0 Å². The lowest BCUT2D eigenvalue weighted by atomic mass is 9.89. The molecule has 0 fully saturated rings. The quantitative estimate of drug-likeness (QED) is 0.297. The molecular weight excluding hydrogens is 452 g/mol. The van der Waals surface area contributed by atoms with Crippen LogP contribution in [0.25, 0.3) is 12.2 Å². The van der Waals surface area contributed by atoms with E-state index in [9.17, 15) is 9.59 Å². The molecule has 1 aliphatic heterocycles. The van der Waals surface area contributed by atoms with Gasteiger partial charge in [0.25, 0.3) is 11.8 Å². The summed E-state index contributed by atoms with van der Waals surface area (Å²) in [5.74, 6) is 0.916. The second-order valence-electron chi connectivity index (χ2n) is 8.61. The van der Waals surface area contributed by atoms with Crippen LogP contribution >= 0.6 is 0 Å². The van der Waals surface area contributed by atoms with E-state index < -0.39 is 0 Å². The molecule has 1 aliphatic rings. The van der Waals surface area contributed by atoms with Gasteiger partial charge in [-0.3, -0.25) is 9.59 Å². The van der Waals surface area contributed by atoms with E-state index >= 15 is 0 Å². The summed E-state index contributed by atoms with van der Waals surface area (Å²) in [4.78, 5) is 30.5. The van der Waals surface area contributed by atoms with Crippen molar-refractivity contribution in [3.05, 3.63) is 121 Å². The summed E-state index contributed by atoms with van der Waals surface area (Å²) in [6.07, 6.45) is 10.1. The Kier molecular flexibility index (Phi) is 6.67. The molecule has 2 amide bonds. The van der Waals surface area contributed by atoms with E-state index in [1.165, 1.54) is 12.2 Å². The van der Waals surface area contributed by atoms with Crippen LogP contribution in [0.1, 0.15) is 36.5 Å². The van der Waals surface area contributed by atoms with Gasteiger partial charge in [0, 0.05) is 29.6 Å². The first-order chi connectivity index (χ1) is 17.6. The molecule has 0 radical (unpaired) electrons. The number of furan rings is 2. The third-order valence-electron chi connectivity index (χ3n) is 6.25. The highest BCUT2D eigenvalue weighted by Gasteiger charge is 2.37. The van der Waals surface area contributed by atoms with Gasteiger partial charge in [-0.25, -0.2) is 0 Å². The zero-order chi connectivity index (χ0) is 24.9. The third kappa shape index (κ3) is 4.79. The number of amides is 2. The molecule has 0 saturated carbocycles. The van der Waals surface area contributed by atoms with E-state index in [0.717, 1.165) is 16.9 Å². The molecule has 2 unspecified atom stereocenters. The van der Waals surface area contributed by atoms with Gasteiger partial charge in [0.05, 0.1) is 18.6 Å². The van der Waals surface area contributed by atoms with Gasteiger partial charge < -0.3 is 18.6 Å². The summed E-state index contributed by atoms with van der Waals surface area (Å²) in [5, 5.41) is 0. The van der Waals surface area contributed by atoms with Crippen molar-refractivity contribution in [2.75, 3.05) is 9.80 Å². The molecule has 2 atom stereocenters. The number of benzene rings is 2. The van der Waals surface area contributed by atoms with E-state index in [-0.39, 0.29) is 23.9 Å². The summed E-state index contributed by atoms with van der Waals surface area (Å²) < 4.78 is 10.7. The molecule has 0 N–H and O–H groups in total. The minimum atomic E-state index is -0.259. The van der Waals surface area contributed by atoms with E-state index in [2.05, 4.69) is 0 Å². The Balaban J connectivity index is 1.51. The molecule has 5 rings (SSSR count). The fourth-order valence-corrected chi connectivity index (χ4v) is 4.65. The number of para-hydroxylation sites is 2. The minimum absolute atomic E-state index is 0.139. The number of carbonyl (C=O) groups is 2. The van der Waals surface area contributed by atoms with Crippen molar-refractivity contribution < 1.29 is 18.4 Å². The molecule has 0 saturated heterocycles. The largest absolute Gasteiger partial charge is 0.465 e. The second-order valence-corrected chi connectivity index (χ2v) is 8.61. The first kappa shape index (κ1) is 23.2. The molecule has 0 spiro atoms. The average Bonchev–Trinajstić information content (AvgIpc) is 3.61. The number of anilines is 2. The Labute approximate surface area is 209 Å². The van der Waals surface area contributed by atoms with Gasteiger partial charge in [-0.1, -0.05) is 36.4 Å². The third-order valence-corrected chi connectivity index (χ3v) is 6.25. The molecule has 6 heteroatoms. The second kappa shape index (κ2) is 10.4. The van der Waals surface area contributed by atoms with Gasteiger partial charge in [-0.15, -0.1) is 0 Å². The normalized spacial score (nSPS) is 17.4. The summed E-state index contributed by atoms with van der Waals surface area (Å²) in [6, 6.07) is 24.1. The SMILES string of the molecule is CC1CC(N(C(=O)/C=C/c2ccco2)c2ccccc2)c2ccccc2N1C(=O)/C=C/c1ccco1. The molecule has 4 aromatic rings. The van der Waals surface area contributed by atoms with Crippen molar-refractivity contribution >= 4 is 35.3 Å². The van der Waals surface area contributed by atoms with Crippen LogP contribution in [0.5, 0.6) is 0 Å². The monoisotopic (exact) mass is 478 g/mol. The van der Waals surface area contributed by atoms with E-state index in [1.54, 1.807) is 58.7 Å². The lowest BCUT2D eigenvalue weighted by molar-refractivity contribution is -0.114. The van der Waals surface area contributed by atoms with Gasteiger partial charge in [0.2, 0.25) is 0 Å². The van der Waals surface area contributed by atoms with E-state index in [4.69, 9.17) is 8.83 Å². The van der Waals surface area contributed by atoms with Crippen LogP contribution in [0.2, 0.25) is 0 Å². The molecule has 0 bridgehead atoms. The molecule has 2 aromatic carbocycles. The van der Waals surface area contributed by atoms with Crippen LogP contribution < -0.4 is 9.80 Å². The summed E-state index contributed by atoms with van der Waals surface area (Å²) >= 11 is 0. The highest BCUT2D eigenvalue weighted by Crippen LogP contribution is 2.42. The van der Waals surface area contributed by atoms with E-state index in [0.29, 0.717) is 17.9 Å². The number of hydrogen-bond acceptors (Lipinski definition) is 4. The maximum Gasteiger partial charge on any atom is 0.251 e. The smallest absolute Gasteiger partial charge is 0.251 e. The predicted molar refractivity (Wildman–Crippen MR) is 140 cm³/mol. The Morgan fingerprint density at radius 2 is 1.47 bits per heavy atom. The standard InChI is InChI=1S/C30H26N2O4/c1-22-21-28(32(23-9-3-2-4-10-23)30(34)18-16-25-12-8-20-36-25)26-13-5-6-14-27(26)31(22)29(33)17-15-24-11-7-19-35-24/h2-20,22,28H,21H2,1H3/b17-15+,18-16+. The fourth-order valence-electron chi connectivity index (χ4n) is 4.65. The number of hydrogen-bond donors (Lipinski definition) is 0. The van der Waals surface area contributed by atoms with Crippen LogP contribution in [0, 0.1) is 0 Å². The van der Waals surface area contributed by atoms with Gasteiger partial charge >= 0.3 is 0 Å². The number of carbonyl (C=O) groups excluding carboxylic acids is 2. The van der Waals surface area contributed by atoms with E-state index in [1.807, 2.05) is 61.5 Å². The molecule has 36 heavy (non-hydrogen) atoms. The van der Waals surface area contributed by atoms with Crippen LogP contribution in [0.15, 0.2) is 112 Å². The zero-order valence-corrected chi connectivity index (χ0v) is 19.9. The van der Waals surface area contributed by atoms with Crippen LogP contribution in [-0.2, 0) is 9.59 Å². The van der Waals surface area contributed by atoms with Crippen LogP contribution in [0.3, 0.4) is 0 Å². The first-order valence-corrected chi connectivity index (χ1v) is 11.9. The first-order valence-electron chi connectivity index (χ1n) is 11.9. The highest BCUT2D eigenvalue weighted by molar-refractivity contribution is 6.07. The maximum atomic E-state index is 13.6. The van der Waals surface area contributed by atoms with Crippen LogP contribution in [0.4, 0.5) is 11.4 Å². The summed E-state index contributed by atoms with van der Waals surface area (Å²) in [6.45, 7) is 2.01. The van der Waals surface area contributed by atoms with Crippen molar-refractivity contribution in [1.29, 1.82) is 0 Å². The van der Waals surface area contributed by atoms with Crippen molar-refractivity contribution in [2.45, 2.75) is 25.4 Å². The summed E-state index contributed by atoms with van der Waals surface area (Å²) in [5.41, 5.74) is 2.49. The fraction of sp³-hybridized carbons (Fsp3) is 0.133. The Morgan fingerprint density at radius 1 is 0.833 bits per heavy atom. The Hall–Kier alpha value is -4.58.